The summed E-state index contributed by atoms with van der Waals surface area (Å²) in [5.74, 6) is -0.738. The monoisotopic (exact) mass is 353 g/mol. The van der Waals surface area contributed by atoms with Crippen molar-refractivity contribution in [3.05, 3.63) is 17.5 Å². The third-order valence-electron chi connectivity index (χ3n) is 3.63. The fraction of sp³-hybridized carbons (Fsp3) is 0.600. The van der Waals surface area contributed by atoms with Crippen LogP contribution in [-0.4, -0.2) is 84.0 Å². The zero-order valence-electron chi connectivity index (χ0n) is 14.3. The summed E-state index contributed by atoms with van der Waals surface area (Å²) in [5, 5.41) is 13.3. The number of aromatic nitrogens is 2. The minimum Gasteiger partial charge on any atom is -0.384 e. The van der Waals surface area contributed by atoms with Crippen LogP contribution in [0.1, 0.15) is 16.2 Å². The van der Waals surface area contributed by atoms with E-state index < -0.39 is 5.60 Å². The van der Waals surface area contributed by atoms with Gasteiger partial charge in [-0.3, -0.25) is 9.59 Å². The lowest BCUT2D eigenvalue weighted by Crippen LogP contribution is -2.53. The van der Waals surface area contributed by atoms with Crippen LogP contribution in [0.4, 0.5) is 5.95 Å². The fourth-order valence-electron chi connectivity index (χ4n) is 2.51. The Morgan fingerprint density at radius 2 is 2.28 bits per heavy atom. The van der Waals surface area contributed by atoms with Crippen molar-refractivity contribution in [2.75, 3.05) is 52.3 Å². The molecule has 0 aromatic carbocycles. The number of nitrogens with zero attached hydrogens (tertiary/aromatic N) is 3. The average molecular weight is 353 g/mol. The second-order valence-electron chi connectivity index (χ2n) is 5.97. The van der Waals surface area contributed by atoms with Gasteiger partial charge in [0.05, 0.1) is 26.3 Å². The van der Waals surface area contributed by atoms with Crippen LogP contribution in [0.3, 0.4) is 0 Å². The zero-order valence-corrected chi connectivity index (χ0v) is 14.3. The minimum atomic E-state index is -1.41. The van der Waals surface area contributed by atoms with Gasteiger partial charge in [-0.1, -0.05) is 0 Å². The van der Waals surface area contributed by atoms with Crippen LogP contribution in [0.2, 0.25) is 0 Å². The molecule has 0 unspecified atom stereocenters. The molecule has 138 valence electrons. The molecule has 4 N–H and O–H groups in total. The number of carbonyl (C=O) groups excluding carboxylic acids is 2. The van der Waals surface area contributed by atoms with Crippen molar-refractivity contribution in [1.82, 2.24) is 20.2 Å². The van der Waals surface area contributed by atoms with Crippen LogP contribution < -0.4 is 11.1 Å². The van der Waals surface area contributed by atoms with Crippen LogP contribution in [0.5, 0.6) is 0 Å². The number of aliphatic hydroxyl groups is 1. The molecule has 1 aromatic rings. The molecule has 0 bridgehead atoms. The molecular weight excluding hydrogens is 330 g/mol. The van der Waals surface area contributed by atoms with Gasteiger partial charge < -0.3 is 30.5 Å². The lowest BCUT2D eigenvalue weighted by atomic mass is 10.0. The maximum atomic E-state index is 12.7. The van der Waals surface area contributed by atoms with Crippen molar-refractivity contribution in [1.29, 1.82) is 0 Å². The number of anilines is 1. The third-order valence-corrected chi connectivity index (χ3v) is 3.63. The van der Waals surface area contributed by atoms with Gasteiger partial charge in [0, 0.05) is 19.3 Å². The fourth-order valence-corrected chi connectivity index (χ4v) is 2.51. The summed E-state index contributed by atoms with van der Waals surface area (Å²) >= 11 is 0. The van der Waals surface area contributed by atoms with Crippen LogP contribution in [0.25, 0.3) is 0 Å². The minimum absolute atomic E-state index is 0.00498. The van der Waals surface area contributed by atoms with Gasteiger partial charge in [-0.2, -0.15) is 0 Å². The lowest BCUT2D eigenvalue weighted by molar-refractivity contribution is -0.126. The highest BCUT2D eigenvalue weighted by Gasteiger charge is 2.35. The SMILES string of the molecule is COCC(=O)NC[C@]1(O)COCCN(C(=O)c2cc(C)nc(N)n2)C1. The zero-order chi connectivity index (χ0) is 18.4. The molecule has 1 aliphatic rings. The highest BCUT2D eigenvalue weighted by Crippen LogP contribution is 2.15. The second kappa shape index (κ2) is 8.19. The summed E-state index contributed by atoms with van der Waals surface area (Å²) in [5.41, 5.74) is 4.90. The molecule has 1 aromatic heterocycles. The summed E-state index contributed by atoms with van der Waals surface area (Å²) in [6.07, 6.45) is 0. The number of methoxy groups -OCH3 is 1. The number of ether oxygens (including phenoxy) is 2. The van der Waals surface area contributed by atoms with E-state index in [4.69, 9.17) is 15.2 Å². The third kappa shape index (κ3) is 5.34. The molecule has 1 atom stereocenters. The molecule has 0 radical (unpaired) electrons. The van der Waals surface area contributed by atoms with Gasteiger partial charge in [-0.15, -0.1) is 0 Å². The molecule has 2 rings (SSSR count). The Morgan fingerprint density at radius 1 is 1.52 bits per heavy atom. The van der Waals surface area contributed by atoms with Crippen molar-refractivity contribution < 1.29 is 24.2 Å². The van der Waals surface area contributed by atoms with Crippen molar-refractivity contribution in [3.8, 4) is 0 Å². The lowest BCUT2D eigenvalue weighted by Gasteiger charge is -2.30. The van der Waals surface area contributed by atoms with E-state index in [1.165, 1.54) is 18.1 Å². The number of β-amino-alcohol motifs (C(OH)–C–C–N with tert-alkyl or cyclic N) is 1. The Kier molecular flexibility index (Phi) is 6.23. The number of carbonyl (C=O) groups is 2. The van der Waals surface area contributed by atoms with Gasteiger partial charge in [0.15, 0.2) is 0 Å². The smallest absolute Gasteiger partial charge is 0.272 e. The molecule has 1 fully saturated rings. The molecule has 10 nitrogen and oxygen atoms in total. The van der Waals surface area contributed by atoms with E-state index in [9.17, 15) is 14.7 Å². The first-order chi connectivity index (χ1) is 11.8. The number of nitrogens with one attached hydrogen (secondary N) is 1. The topological polar surface area (TPSA) is 140 Å². The first-order valence-electron chi connectivity index (χ1n) is 7.79. The highest BCUT2D eigenvalue weighted by atomic mass is 16.5. The van der Waals surface area contributed by atoms with Crippen molar-refractivity contribution >= 4 is 17.8 Å². The molecule has 2 heterocycles. The summed E-state index contributed by atoms with van der Waals surface area (Å²) in [6.45, 7) is 2.07. The molecule has 1 aliphatic heterocycles. The van der Waals surface area contributed by atoms with Gasteiger partial charge in [-0.25, -0.2) is 9.97 Å². The number of hydrogen-bond acceptors (Lipinski definition) is 8. The molecule has 0 aliphatic carbocycles. The summed E-state index contributed by atoms with van der Waals surface area (Å²) < 4.78 is 10.1. The summed E-state index contributed by atoms with van der Waals surface area (Å²) in [4.78, 5) is 33.5. The van der Waals surface area contributed by atoms with E-state index in [1.807, 2.05) is 0 Å². The van der Waals surface area contributed by atoms with E-state index in [2.05, 4.69) is 15.3 Å². The Bertz CT molecular complexity index is 620. The molecule has 1 saturated heterocycles. The second-order valence-corrected chi connectivity index (χ2v) is 5.97. The normalized spacial score (nSPS) is 20.8. The Labute approximate surface area is 145 Å². The Morgan fingerprint density at radius 3 is 2.96 bits per heavy atom. The van der Waals surface area contributed by atoms with E-state index in [0.29, 0.717) is 5.69 Å². The van der Waals surface area contributed by atoms with E-state index in [0.717, 1.165) is 0 Å². The number of hydrogen-bond donors (Lipinski definition) is 3. The molecule has 25 heavy (non-hydrogen) atoms. The predicted octanol–water partition coefficient (Wildman–Crippen LogP) is -1.67. The van der Waals surface area contributed by atoms with E-state index in [-0.39, 0.29) is 62.9 Å². The van der Waals surface area contributed by atoms with Crippen molar-refractivity contribution in [2.45, 2.75) is 12.5 Å². The maximum Gasteiger partial charge on any atom is 0.272 e. The predicted molar refractivity (Wildman–Crippen MR) is 87.7 cm³/mol. The van der Waals surface area contributed by atoms with Crippen LogP contribution in [-0.2, 0) is 14.3 Å². The number of nitrogen functional groups attached to an aromatic ring is 1. The van der Waals surface area contributed by atoms with Crippen LogP contribution in [0.15, 0.2) is 6.07 Å². The van der Waals surface area contributed by atoms with E-state index in [1.54, 1.807) is 6.92 Å². The van der Waals surface area contributed by atoms with Crippen LogP contribution >= 0.6 is 0 Å². The standard InChI is InChI=1S/C15H23N5O5/c1-10-5-11(19-14(16)18-10)13(22)20-3-4-25-9-15(23,8-20)7-17-12(21)6-24-2/h5,23H,3-4,6-9H2,1-2H3,(H,17,21)(H2,16,18,19)/t15-/m1/s1. The number of nitrogens with two attached hydrogens (primary N) is 1. The van der Waals surface area contributed by atoms with Gasteiger partial charge in [0.2, 0.25) is 11.9 Å². The van der Waals surface area contributed by atoms with Crippen molar-refractivity contribution in [2.24, 2.45) is 0 Å². The molecule has 0 spiro atoms. The van der Waals surface area contributed by atoms with E-state index >= 15 is 0 Å². The van der Waals surface area contributed by atoms with Gasteiger partial charge >= 0.3 is 0 Å². The average Bonchev–Trinajstić information content (AvgIpc) is 2.74. The molecule has 0 saturated carbocycles. The molecular formula is C15H23N5O5. The van der Waals surface area contributed by atoms with Gasteiger partial charge in [0.25, 0.3) is 5.91 Å². The van der Waals surface area contributed by atoms with Crippen molar-refractivity contribution in [3.63, 3.8) is 0 Å². The highest BCUT2D eigenvalue weighted by molar-refractivity contribution is 5.92. The summed E-state index contributed by atoms with van der Waals surface area (Å²) in [6, 6.07) is 1.53. The van der Waals surface area contributed by atoms with Gasteiger partial charge in [-0.05, 0) is 13.0 Å². The number of rotatable bonds is 5. The summed E-state index contributed by atoms with van der Waals surface area (Å²) in [7, 11) is 1.40. The maximum absolute atomic E-state index is 12.7. The molecule has 2 amide bonds. The largest absolute Gasteiger partial charge is 0.384 e. The Balaban J connectivity index is 2.09. The molecule has 10 heteroatoms. The van der Waals surface area contributed by atoms with Gasteiger partial charge in [0.1, 0.15) is 17.9 Å². The number of amides is 2. The Hall–Kier alpha value is -2.30. The quantitative estimate of drug-likeness (QED) is 0.571. The number of aryl methyl sites for hydroxylation is 1. The first-order valence-corrected chi connectivity index (χ1v) is 7.79. The first kappa shape index (κ1) is 19.0. The van der Waals surface area contributed by atoms with Crippen LogP contribution in [0, 0.1) is 6.92 Å².